The number of benzene rings is 1. The van der Waals surface area contributed by atoms with E-state index < -0.39 is 10.9 Å². The Hall–Kier alpha value is -4.08. The van der Waals surface area contributed by atoms with E-state index in [2.05, 4.69) is 25.6 Å². The Morgan fingerprint density at radius 3 is 2.64 bits per heavy atom. The molecule has 3 rings (SSSR count). The van der Waals surface area contributed by atoms with Gasteiger partial charge in [0.25, 0.3) is 5.69 Å². The SMILES string of the molecule is Cc1c(Nc2cc(-c3ccncc3)nc(NCC(=O)O)n2)cccc1[N+](=O)[O-]. The van der Waals surface area contributed by atoms with Crippen LogP contribution < -0.4 is 10.6 Å². The van der Waals surface area contributed by atoms with Crippen LogP contribution in [0.25, 0.3) is 11.3 Å². The summed E-state index contributed by atoms with van der Waals surface area (Å²) in [5.41, 5.74) is 2.25. The summed E-state index contributed by atoms with van der Waals surface area (Å²) in [7, 11) is 0. The standard InChI is InChI=1S/C18H16N6O4/c1-11-13(3-2-4-15(11)24(27)28)21-16-9-14(12-5-7-19-8-6-12)22-18(23-16)20-10-17(25)26/h2-9H,10H2,1H3,(H,25,26)(H2,20,21,22,23). The first-order chi connectivity index (χ1) is 13.4. The molecule has 0 unspecified atom stereocenters. The highest BCUT2D eigenvalue weighted by molar-refractivity contribution is 5.73. The Labute approximate surface area is 159 Å². The predicted octanol–water partition coefficient (Wildman–Crippen LogP) is 3.00. The van der Waals surface area contributed by atoms with E-state index in [1.165, 1.54) is 6.07 Å². The highest BCUT2D eigenvalue weighted by atomic mass is 16.6. The number of hydrogen-bond acceptors (Lipinski definition) is 8. The topological polar surface area (TPSA) is 143 Å². The van der Waals surface area contributed by atoms with Gasteiger partial charge < -0.3 is 15.7 Å². The van der Waals surface area contributed by atoms with Gasteiger partial charge >= 0.3 is 5.97 Å². The fourth-order valence-electron chi connectivity index (χ4n) is 2.51. The van der Waals surface area contributed by atoms with Crippen molar-refractivity contribution in [3.8, 4) is 11.3 Å². The van der Waals surface area contributed by atoms with Crippen molar-refractivity contribution in [3.63, 3.8) is 0 Å². The van der Waals surface area contributed by atoms with Crippen LogP contribution in [-0.2, 0) is 4.79 Å². The van der Waals surface area contributed by atoms with Crippen molar-refractivity contribution in [3.05, 3.63) is 64.5 Å². The van der Waals surface area contributed by atoms with Crippen LogP contribution in [0.3, 0.4) is 0 Å². The predicted molar refractivity (Wildman–Crippen MR) is 103 cm³/mol. The number of nitrogens with zero attached hydrogens (tertiary/aromatic N) is 4. The average Bonchev–Trinajstić information content (AvgIpc) is 2.68. The summed E-state index contributed by atoms with van der Waals surface area (Å²) in [5, 5.41) is 25.7. The van der Waals surface area contributed by atoms with Crippen LogP contribution in [0.5, 0.6) is 0 Å². The molecule has 2 aromatic heterocycles. The lowest BCUT2D eigenvalue weighted by Crippen LogP contribution is -2.15. The van der Waals surface area contributed by atoms with Crippen molar-refractivity contribution in [2.24, 2.45) is 0 Å². The Morgan fingerprint density at radius 2 is 1.96 bits per heavy atom. The van der Waals surface area contributed by atoms with Gasteiger partial charge in [-0.1, -0.05) is 6.07 Å². The molecule has 0 radical (unpaired) electrons. The lowest BCUT2D eigenvalue weighted by atomic mass is 10.1. The van der Waals surface area contributed by atoms with E-state index in [1.807, 2.05) is 0 Å². The van der Waals surface area contributed by atoms with E-state index in [1.54, 1.807) is 49.6 Å². The van der Waals surface area contributed by atoms with Gasteiger partial charge in [-0.2, -0.15) is 4.98 Å². The average molecular weight is 380 g/mol. The van der Waals surface area contributed by atoms with Gasteiger partial charge in [0.15, 0.2) is 0 Å². The number of carboxylic acid groups (broad SMARTS) is 1. The third kappa shape index (κ3) is 4.36. The van der Waals surface area contributed by atoms with Gasteiger partial charge in [-0.05, 0) is 25.1 Å². The van der Waals surface area contributed by atoms with Crippen molar-refractivity contribution in [1.82, 2.24) is 15.0 Å². The largest absolute Gasteiger partial charge is 0.480 e. The summed E-state index contributed by atoms with van der Waals surface area (Å²) in [5.74, 6) is -0.581. The fraction of sp³-hybridized carbons (Fsp3) is 0.111. The molecule has 1 aromatic carbocycles. The number of rotatable bonds is 7. The zero-order valence-corrected chi connectivity index (χ0v) is 14.8. The van der Waals surface area contributed by atoms with Crippen molar-refractivity contribution < 1.29 is 14.8 Å². The first-order valence-electron chi connectivity index (χ1n) is 8.20. The number of anilines is 3. The summed E-state index contributed by atoms with van der Waals surface area (Å²) in [6.45, 7) is 1.28. The van der Waals surface area contributed by atoms with Crippen molar-refractivity contribution in [2.75, 3.05) is 17.2 Å². The van der Waals surface area contributed by atoms with E-state index in [9.17, 15) is 14.9 Å². The van der Waals surface area contributed by atoms with Gasteiger partial charge in [0, 0.05) is 35.8 Å². The number of aromatic nitrogens is 3. The summed E-state index contributed by atoms with van der Waals surface area (Å²) in [4.78, 5) is 34.1. The molecule has 0 fully saturated rings. The molecule has 0 saturated heterocycles. The van der Waals surface area contributed by atoms with Gasteiger partial charge in [0.1, 0.15) is 12.4 Å². The molecule has 10 heteroatoms. The molecular formula is C18H16N6O4. The summed E-state index contributed by atoms with van der Waals surface area (Å²) >= 11 is 0. The van der Waals surface area contributed by atoms with Crippen LogP contribution in [0.2, 0.25) is 0 Å². The second-order valence-corrected chi connectivity index (χ2v) is 5.78. The second kappa shape index (κ2) is 8.08. The fourth-order valence-corrected chi connectivity index (χ4v) is 2.51. The normalized spacial score (nSPS) is 10.3. The first-order valence-corrected chi connectivity index (χ1v) is 8.20. The molecule has 0 spiro atoms. The zero-order chi connectivity index (χ0) is 20.1. The number of hydrogen-bond donors (Lipinski definition) is 3. The lowest BCUT2D eigenvalue weighted by Gasteiger charge is -2.12. The summed E-state index contributed by atoms with van der Waals surface area (Å²) in [6, 6.07) is 9.86. The number of pyridine rings is 1. The van der Waals surface area contributed by atoms with E-state index >= 15 is 0 Å². The van der Waals surface area contributed by atoms with E-state index in [-0.39, 0.29) is 18.2 Å². The molecule has 0 atom stereocenters. The number of carboxylic acids is 1. The molecule has 142 valence electrons. The van der Waals surface area contributed by atoms with E-state index in [4.69, 9.17) is 5.11 Å². The van der Waals surface area contributed by atoms with Gasteiger partial charge in [0.05, 0.1) is 16.2 Å². The molecule has 28 heavy (non-hydrogen) atoms. The van der Waals surface area contributed by atoms with Gasteiger partial charge in [-0.25, -0.2) is 4.98 Å². The van der Waals surface area contributed by atoms with Crippen LogP contribution >= 0.6 is 0 Å². The van der Waals surface area contributed by atoms with Gasteiger partial charge in [-0.3, -0.25) is 19.9 Å². The lowest BCUT2D eigenvalue weighted by molar-refractivity contribution is -0.385. The summed E-state index contributed by atoms with van der Waals surface area (Å²) < 4.78 is 0. The van der Waals surface area contributed by atoms with Crippen molar-refractivity contribution in [1.29, 1.82) is 0 Å². The van der Waals surface area contributed by atoms with Gasteiger partial charge in [-0.15, -0.1) is 0 Å². The first kappa shape index (κ1) is 18.7. The van der Waals surface area contributed by atoms with Crippen LogP contribution in [0, 0.1) is 17.0 Å². The molecule has 0 aliphatic heterocycles. The van der Waals surface area contributed by atoms with Crippen LogP contribution in [0.4, 0.5) is 23.1 Å². The minimum atomic E-state index is -1.05. The van der Waals surface area contributed by atoms with Crippen molar-refractivity contribution >= 4 is 29.1 Å². The quantitative estimate of drug-likeness (QED) is 0.416. The molecular weight excluding hydrogens is 364 g/mol. The monoisotopic (exact) mass is 380 g/mol. The molecule has 10 nitrogen and oxygen atoms in total. The third-order valence-electron chi connectivity index (χ3n) is 3.86. The Morgan fingerprint density at radius 1 is 1.21 bits per heavy atom. The molecule has 0 aliphatic rings. The molecule has 0 aliphatic carbocycles. The maximum absolute atomic E-state index is 11.1. The highest BCUT2D eigenvalue weighted by Crippen LogP contribution is 2.29. The van der Waals surface area contributed by atoms with Crippen molar-refractivity contribution in [2.45, 2.75) is 6.92 Å². The minimum Gasteiger partial charge on any atom is -0.480 e. The smallest absolute Gasteiger partial charge is 0.322 e. The second-order valence-electron chi connectivity index (χ2n) is 5.78. The molecule has 0 amide bonds. The molecule has 3 N–H and O–H groups in total. The maximum Gasteiger partial charge on any atom is 0.322 e. The number of aliphatic carboxylic acids is 1. The molecule has 0 bridgehead atoms. The minimum absolute atomic E-state index is 0.0161. The zero-order valence-electron chi connectivity index (χ0n) is 14.8. The molecule has 2 heterocycles. The van der Waals surface area contributed by atoms with E-state index in [0.29, 0.717) is 22.8 Å². The highest BCUT2D eigenvalue weighted by Gasteiger charge is 2.15. The van der Waals surface area contributed by atoms with E-state index in [0.717, 1.165) is 5.56 Å². The van der Waals surface area contributed by atoms with Crippen LogP contribution in [0.15, 0.2) is 48.8 Å². The molecule has 0 saturated carbocycles. The van der Waals surface area contributed by atoms with Gasteiger partial charge in [0.2, 0.25) is 5.95 Å². The van der Waals surface area contributed by atoms with Crippen LogP contribution in [-0.4, -0.2) is 37.5 Å². The Bertz CT molecular complexity index is 1030. The number of nitro groups is 1. The number of carbonyl (C=O) groups is 1. The Kier molecular flexibility index (Phi) is 5.40. The maximum atomic E-state index is 11.1. The van der Waals surface area contributed by atoms with Crippen LogP contribution in [0.1, 0.15) is 5.56 Å². The molecule has 3 aromatic rings. The number of nitro benzene ring substituents is 1. The number of nitrogens with one attached hydrogen (secondary N) is 2. The third-order valence-corrected chi connectivity index (χ3v) is 3.86. The summed E-state index contributed by atoms with van der Waals surface area (Å²) in [6.07, 6.45) is 3.22. The Balaban J connectivity index is 2.00.